The summed E-state index contributed by atoms with van der Waals surface area (Å²) in [4.78, 5) is 10.0. The highest BCUT2D eigenvalue weighted by Crippen LogP contribution is 2.14. The lowest BCUT2D eigenvalue weighted by Gasteiger charge is -2.31. The number of hydrogen-bond acceptors (Lipinski definition) is 4. The zero-order chi connectivity index (χ0) is 13.0. The van der Waals surface area contributed by atoms with Crippen LogP contribution in [0, 0.1) is 0 Å². The van der Waals surface area contributed by atoms with Gasteiger partial charge in [0.25, 0.3) is 0 Å². The van der Waals surface area contributed by atoms with Crippen LogP contribution in [0.5, 0.6) is 0 Å². The summed E-state index contributed by atoms with van der Waals surface area (Å²) in [6.07, 6.45) is 6.28. The molecule has 2 N–H and O–H groups in total. The van der Waals surface area contributed by atoms with Gasteiger partial charge in [-0.15, -0.1) is 0 Å². The van der Waals surface area contributed by atoms with Crippen molar-refractivity contribution in [2.75, 3.05) is 25.6 Å². The number of nitrogens with zero attached hydrogens (tertiary/aromatic N) is 2. The molecule has 0 radical (unpaired) electrons. The highest BCUT2D eigenvalue weighted by molar-refractivity contribution is 7.98. The molecule has 0 bridgehead atoms. The van der Waals surface area contributed by atoms with E-state index in [0.717, 1.165) is 19.5 Å². The average molecular weight is 268 g/mol. The van der Waals surface area contributed by atoms with Crippen molar-refractivity contribution in [3.05, 3.63) is 17.7 Å². The van der Waals surface area contributed by atoms with Crippen molar-refractivity contribution in [3.8, 4) is 0 Å². The second-order valence-electron chi connectivity index (χ2n) is 5.18. The zero-order valence-corrected chi connectivity index (χ0v) is 12.4. The number of likely N-dealkylation sites (N-methyl/N-ethyl adjacent to an activating group) is 1. The summed E-state index contributed by atoms with van der Waals surface area (Å²) < 4.78 is 0. The Morgan fingerprint density at radius 1 is 1.61 bits per heavy atom. The highest BCUT2D eigenvalue weighted by atomic mass is 32.2. The van der Waals surface area contributed by atoms with Crippen LogP contribution in [0.2, 0.25) is 0 Å². The molecule has 1 aromatic rings. The van der Waals surface area contributed by atoms with Crippen molar-refractivity contribution in [2.45, 2.75) is 38.4 Å². The van der Waals surface area contributed by atoms with Gasteiger partial charge < -0.3 is 15.2 Å². The third kappa shape index (κ3) is 3.49. The summed E-state index contributed by atoms with van der Waals surface area (Å²) >= 11 is 1.93. The number of rotatable bonds is 6. The van der Waals surface area contributed by atoms with Crippen LogP contribution >= 0.6 is 11.8 Å². The molecule has 0 fully saturated rings. The van der Waals surface area contributed by atoms with Gasteiger partial charge in [0.1, 0.15) is 0 Å². The Hall–Kier alpha value is -0.520. The molecule has 1 aromatic heterocycles. The summed E-state index contributed by atoms with van der Waals surface area (Å²) in [5.74, 6) is 1.24. The molecule has 5 heteroatoms. The normalized spacial score (nSPS) is 21.0. The number of H-pyrrole nitrogens is 1. The molecule has 0 aromatic carbocycles. The largest absolute Gasteiger partial charge is 0.347 e. The molecule has 0 amide bonds. The monoisotopic (exact) mass is 268 g/mol. The zero-order valence-electron chi connectivity index (χ0n) is 11.6. The fraction of sp³-hybridized carbons (Fsp3) is 0.769. The van der Waals surface area contributed by atoms with Gasteiger partial charge in [0.2, 0.25) is 0 Å². The first-order valence-electron chi connectivity index (χ1n) is 6.64. The molecular formula is C13H24N4S. The average Bonchev–Trinajstić information content (AvgIpc) is 2.83. The van der Waals surface area contributed by atoms with Crippen LogP contribution in [0.1, 0.15) is 24.7 Å². The van der Waals surface area contributed by atoms with E-state index in [1.807, 2.05) is 11.8 Å². The molecule has 102 valence electrons. The van der Waals surface area contributed by atoms with Crippen molar-refractivity contribution in [3.63, 3.8) is 0 Å². The highest BCUT2D eigenvalue weighted by Gasteiger charge is 2.22. The molecule has 0 spiro atoms. The van der Waals surface area contributed by atoms with Gasteiger partial charge in [0.15, 0.2) is 0 Å². The topological polar surface area (TPSA) is 44.0 Å². The Balaban J connectivity index is 1.80. The first-order valence-corrected chi connectivity index (χ1v) is 8.03. The summed E-state index contributed by atoms with van der Waals surface area (Å²) in [5, 5.41) is 3.59. The van der Waals surface area contributed by atoms with Crippen LogP contribution in [0.3, 0.4) is 0 Å². The van der Waals surface area contributed by atoms with Gasteiger partial charge >= 0.3 is 0 Å². The lowest BCUT2D eigenvalue weighted by atomic mass is 10.0. The van der Waals surface area contributed by atoms with E-state index in [9.17, 15) is 0 Å². The third-order valence-electron chi connectivity index (χ3n) is 3.82. The quantitative estimate of drug-likeness (QED) is 0.820. The van der Waals surface area contributed by atoms with Crippen molar-refractivity contribution < 1.29 is 0 Å². The summed E-state index contributed by atoms with van der Waals surface area (Å²) in [7, 11) is 2.23. The van der Waals surface area contributed by atoms with E-state index in [0.29, 0.717) is 12.1 Å². The minimum atomic E-state index is 0.530. The van der Waals surface area contributed by atoms with E-state index in [4.69, 9.17) is 0 Å². The van der Waals surface area contributed by atoms with E-state index in [1.54, 1.807) is 6.33 Å². The Bertz CT molecular complexity index is 366. The summed E-state index contributed by atoms with van der Waals surface area (Å²) in [5.41, 5.74) is 2.49. The molecule has 2 unspecified atom stereocenters. The molecule has 2 atom stereocenters. The number of thioether (sulfide) groups is 1. The third-order valence-corrected chi connectivity index (χ3v) is 4.46. The molecule has 0 aliphatic carbocycles. The van der Waals surface area contributed by atoms with Crippen LogP contribution in [-0.4, -0.2) is 52.6 Å². The van der Waals surface area contributed by atoms with Gasteiger partial charge in [-0.3, -0.25) is 0 Å². The van der Waals surface area contributed by atoms with Crippen LogP contribution in [-0.2, 0) is 13.0 Å². The van der Waals surface area contributed by atoms with E-state index in [1.165, 1.54) is 23.6 Å². The molecule has 0 saturated carbocycles. The van der Waals surface area contributed by atoms with Gasteiger partial charge in [-0.05, 0) is 32.4 Å². The maximum Gasteiger partial charge on any atom is 0.0925 e. The fourth-order valence-corrected chi connectivity index (χ4v) is 2.97. The predicted molar refractivity (Wildman–Crippen MR) is 78.0 cm³/mol. The van der Waals surface area contributed by atoms with Gasteiger partial charge in [-0.25, -0.2) is 4.98 Å². The molecule has 18 heavy (non-hydrogen) atoms. The van der Waals surface area contributed by atoms with Crippen LogP contribution < -0.4 is 5.32 Å². The van der Waals surface area contributed by atoms with Crippen molar-refractivity contribution >= 4 is 11.8 Å². The lowest BCUT2D eigenvalue weighted by Crippen LogP contribution is -2.46. The molecule has 0 saturated heterocycles. The lowest BCUT2D eigenvalue weighted by molar-refractivity contribution is 0.219. The van der Waals surface area contributed by atoms with Crippen molar-refractivity contribution in [1.82, 2.24) is 20.2 Å². The summed E-state index contributed by atoms with van der Waals surface area (Å²) in [6, 6.07) is 1.18. The maximum atomic E-state index is 4.39. The molecule has 4 nitrogen and oxygen atoms in total. The van der Waals surface area contributed by atoms with E-state index >= 15 is 0 Å². The number of hydrogen-bond donors (Lipinski definition) is 2. The molecular weight excluding hydrogens is 244 g/mol. The fourth-order valence-electron chi connectivity index (χ4n) is 2.40. The number of aromatic nitrogens is 2. The van der Waals surface area contributed by atoms with Crippen LogP contribution in [0.25, 0.3) is 0 Å². The molecule has 1 aliphatic rings. The number of fused-ring (bicyclic) bond motifs is 1. The van der Waals surface area contributed by atoms with Crippen LogP contribution in [0.4, 0.5) is 0 Å². The SMILES string of the molecule is CSCCC(C)N(C)CC1Cc2nc[nH]c2CN1. The van der Waals surface area contributed by atoms with Crippen molar-refractivity contribution in [1.29, 1.82) is 0 Å². The number of nitrogens with one attached hydrogen (secondary N) is 2. The molecule has 2 rings (SSSR count). The standard InChI is InChI=1S/C13H24N4S/c1-10(4-5-18-3)17(2)8-11-6-12-13(7-14-11)16-9-15-12/h9-11,14H,4-8H2,1-3H3,(H,15,16). The second kappa shape index (κ2) is 6.59. The Morgan fingerprint density at radius 3 is 3.22 bits per heavy atom. The second-order valence-corrected chi connectivity index (χ2v) is 6.17. The Morgan fingerprint density at radius 2 is 2.44 bits per heavy atom. The van der Waals surface area contributed by atoms with Gasteiger partial charge in [0, 0.05) is 31.6 Å². The van der Waals surface area contributed by atoms with E-state index in [2.05, 4.69) is 40.4 Å². The molecule has 1 aliphatic heterocycles. The minimum absolute atomic E-state index is 0.530. The minimum Gasteiger partial charge on any atom is -0.347 e. The maximum absolute atomic E-state index is 4.39. The number of imidazole rings is 1. The van der Waals surface area contributed by atoms with E-state index in [-0.39, 0.29) is 0 Å². The Labute approximate surface area is 114 Å². The van der Waals surface area contributed by atoms with Gasteiger partial charge in [0.05, 0.1) is 17.7 Å². The Kier molecular flexibility index (Phi) is 5.09. The first kappa shape index (κ1) is 13.9. The van der Waals surface area contributed by atoms with Gasteiger partial charge in [-0.1, -0.05) is 0 Å². The smallest absolute Gasteiger partial charge is 0.0925 e. The summed E-state index contributed by atoms with van der Waals surface area (Å²) in [6.45, 7) is 4.34. The van der Waals surface area contributed by atoms with Gasteiger partial charge in [-0.2, -0.15) is 11.8 Å². The van der Waals surface area contributed by atoms with Crippen molar-refractivity contribution in [2.24, 2.45) is 0 Å². The predicted octanol–water partition coefficient (Wildman–Crippen LogP) is 1.50. The molecule has 2 heterocycles. The first-order chi connectivity index (χ1) is 8.70. The number of aromatic amines is 1. The van der Waals surface area contributed by atoms with Crippen LogP contribution in [0.15, 0.2) is 6.33 Å². The van der Waals surface area contributed by atoms with E-state index < -0.39 is 0 Å².